The molecule has 0 unspecified atom stereocenters. The fourth-order valence-corrected chi connectivity index (χ4v) is 21.5. The van der Waals surface area contributed by atoms with Crippen LogP contribution in [-0.2, 0) is 50.7 Å². The van der Waals surface area contributed by atoms with Crippen molar-refractivity contribution in [1.82, 2.24) is 0 Å². The summed E-state index contributed by atoms with van der Waals surface area (Å²) in [6.45, 7) is 44.4. The minimum atomic E-state index is -2.65. The molecule has 4 aliphatic heterocycles. The summed E-state index contributed by atoms with van der Waals surface area (Å²) in [5, 5.41) is 21.4. The van der Waals surface area contributed by atoms with Crippen LogP contribution in [0.1, 0.15) is 137 Å². The lowest BCUT2D eigenvalue weighted by Crippen LogP contribution is -2.68. The Hall–Kier alpha value is -1.29. The predicted octanol–water partition coefficient (Wildman–Crippen LogP) is 9.68. The van der Waals surface area contributed by atoms with Crippen LogP contribution < -0.4 is 0 Å². The number of methoxy groups -OCH3 is 2. The van der Waals surface area contributed by atoms with E-state index < -0.39 is 61.8 Å². The van der Waals surface area contributed by atoms with Crippen LogP contribution in [-0.4, -0.2) is 130 Å². The second-order valence-electron chi connectivity index (χ2n) is 24.8. The molecule has 0 aromatic rings. The van der Waals surface area contributed by atoms with E-state index in [1.165, 1.54) is 32.4 Å². The summed E-state index contributed by atoms with van der Waals surface area (Å²) >= 11 is 0. The van der Waals surface area contributed by atoms with Crippen molar-refractivity contribution in [3.05, 3.63) is 24.3 Å². The number of aliphatic hydroxyl groups is 2. The van der Waals surface area contributed by atoms with Gasteiger partial charge in [-0.25, -0.2) is 9.59 Å². The molecule has 0 amide bonds. The van der Waals surface area contributed by atoms with E-state index in [0.717, 1.165) is 6.42 Å². The molecule has 0 radical (unpaired) electrons. The van der Waals surface area contributed by atoms with Crippen molar-refractivity contribution in [2.24, 2.45) is 17.8 Å². The Morgan fingerprint density at radius 1 is 0.646 bits per heavy atom. The number of aliphatic hydroxyl groups excluding tert-OH is 2. The Labute approximate surface area is 397 Å². The lowest BCUT2D eigenvalue weighted by molar-refractivity contribution is -0.215. The third-order valence-electron chi connectivity index (χ3n) is 14.6. The van der Waals surface area contributed by atoms with E-state index in [1.807, 2.05) is 13.8 Å². The summed E-state index contributed by atoms with van der Waals surface area (Å²) in [6.07, 6.45) is 4.11. The van der Waals surface area contributed by atoms with Crippen molar-refractivity contribution in [2.45, 2.75) is 231 Å². The van der Waals surface area contributed by atoms with E-state index in [9.17, 15) is 19.8 Å². The maximum Gasteiger partial charge on any atom is 0.349 e. The summed E-state index contributed by atoms with van der Waals surface area (Å²) in [6, 6.07) is 0. The molecule has 13 nitrogen and oxygen atoms in total. The number of carbonyl (C=O) groups is 2. The lowest BCUT2D eigenvalue weighted by Gasteiger charge is -2.57. The Bertz CT molecular complexity index is 1600. The fourth-order valence-electron chi connectivity index (χ4n) is 10.2. The van der Waals surface area contributed by atoms with Gasteiger partial charge in [0.15, 0.2) is 8.32 Å². The average molecular weight is 974 g/mol. The Kier molecular flexibility index (Phi) is 19.1. The Balaban J connectivity index is 0.000000353. The second kappa shape index (κ2) is 21.4. The van der Waals surface area contributed by atoms with Crippen LogP contribution in [0.5, 0.6) is 0 Å². The number of hydrogen-bond donors (Lipinski definition) is 2. The zero-order valence-electron chi connectivity index (χ0n) is 44.5. The summed E-state index contributed by atoms with van der Waals surface area (Å²) in [5.74, 6) is -1.06. The van der Waals surface area contributed by atoms with Gasteiger partial charge in [-0.3, -0.25) is 0 Å². The molecule has 0 aliphatic carbocycles. The fraction of sp³-hybridized carbons (Fsp3) is 0.878. The smallest absolute Gasteiger partial charge is 0.349 e. The van der Waals surface area contributed by atoms with Gasteiger partial charge in [-0.15, -0.1) is 0 Å². The largest absolute Gasteiger partial charge is 0.466 e. The molecule has 2 N–H and O–H groups in total. The lowest BCUT2D eigenvalue weighted by atomic mass is 9.82. The molecule has 12 atom stereocenters. The van der Waals surface area contributed by atoms with Gasteiger partial charge in [-0.2, -0.15) is 0 Å². The summed E-state index contributed by atoms with van der Waals surface area (Å²) < 4.78 is 55.8. The molecule has 0 aromatic heterocycles. The average Bonchev–Trinajstić information content (AvgIpc) is 3.17. The molecular weight excluding hydrogens is 881 g/mol. The van der Waals surface area contributed by atoms with Gasteiger partial charge < -0.3 is 51.3 Å². The molecule has 378 valence electrons. The molecule has 0 aromatic carbocycles. The van der Waals surface area contributed by atoms with E-state index in [-0.39, 0.29) is 73.5 Å². The molecule has 0 bridgehead atoms. The van der Waals surface area contributed by atoms with Gasteiger partial charge in [-0.05, 0) is 42.6 Å². The van der Waals surface area contributed by atoms with Crippen LogP contribution >= 0.6 is 0 Å². The molecule has 0 saturated carbocycles. The highest BCUT2D eigenvalue weighted by molar-refractivity contribution is 6.74. The van der Waals surface area contributed by atoms with Gasteiger partial charge in [0.1, 0.15) is 12.2 Å². The first-order valence-corrected chi connectivity index (χ1v) is 30.4. The summed E-state index contributed by atoms with van der Waals surface area (Å²) in [4.78, 5) is 23.2. The van der Waals surface area contributed by atoms with Crippen molar-refractivity contribution in [1.29, 1.82) is 0 Å². The van der Waals surface area contributed by atoms with Gasteiger partial charge in [0.05, 0.1) is 70.2 Å². The maximum absolute atomic E-state index is 11.9. The van der Waals surface area contributed by atoms with Crippen LogP contribution in [0, 0.1) is 17.8 Å². The van der Waals surface area contributed by atoms with Gasteiger partial charge >= 0.3 is 29.1 Å². The quantitative estimate of drug-likeness (QED) is 0.121. The van der Waals surface area contributed by atoms with Gasteiger partial charge in [0, 0.05) is 50.6 Å². The number of fused-ring (bicyclic) bond motifs is 2. The van der Waals surface area contributed by atoms with Gasteiger partial charge in [-0.1, -0.05) is 125 Å². The molecule has 4 fully saturated rings. The van der Waals surface area contributed by atoms with Gasteiger partial charge in [0.2, 0.25) is 0 Å². The molecule has 65 heavy (non-hydrogen) atoms. The van der Waals surface area contributed by atoms with E-state index in [2.05, 4.69) is 129 Å². The molecule has 0 spiro atoms. The molecule has 4 aliphatic rings. The van der Waals surface area contributed by atoms with Gasteiger partial charge in [0.25, 0.3) is 0 Å². The SMILES string of the molecule is COC(=O)/C=C/[C@H](O)[C@@H](C)[C@@H]1O[C@@H]2CO[Si](C(C)(C)C)(C(C)(C)C)O[C@@H]2C[C@@H]1C.COC(=O)/C=C/[C@H](O[Si](C)(C)C(C)(C)C)[C@@H](C)[C@@H]1O[C@@H]2CO[Si](C(C)(C)C)(C(C)(C)C)O[C@@H]2C[C@@H]1O. The first-order valence-electron chi connectivity index (χ1n) is 23.9. The van der Waals surface area contributed by atoms with E-state index >= 15 is 0 Å². The molecule has 4 rings (SSSR count). The highest BCUT2D eigenvalue weighted by Gasteiger charge is 2.64. The molecular formula is C49H92O13Si3. The van der Waals surface area contributed by atoms with Crippen LogP contribution in [0.15, 0.2) is 24.3 Å². The minimum absolute atomic E-state index is 0.00932. The van der Waals surface area contributed by atoms with Crippen LogP contribution in [0.2, 0.25) is 38.3 Å². The zero-order chi connectivity index (χ0) is 50.1. The highest BCUT2D eigenvalue weighted by Crippen LogP contribution is 2.57. The number of rotatable bonds is 10. The number of carbonyl (C=O) groups excluding carboxylic acids is 2. The van der Waals surface area contributed by atoms with Crippen molar-refractivity contribution in [2.75, 3.05) is 27.4 Å². The zero-order valence-corrected chi connectivity index (χ0v) is 47.5. The summed E-state index contributed by atoms with van der Waals surface area (Å²) in [7, 11) is -4.67. The third kappa shape index (κ3) is 13.1. The first kappa shape index (κ1) is 58.0. The highest BCUT2D eigenvalue weighted by atomic mass is 28.4. The van der Waals surface area contributed by atoms with Crippen molar-refractivity contribution in [3.63, 3.8) is 0 Å². The topological polar surface area (TPSA) is 158 Å². The van der Waals surface area contributed by atoms with Crippen molar-refractivity contribution >= 4 is 37.4 Å². The minimum Gasteiger partial charge on any atom is -0.466 e. The second-order valence-corrected chi connectivity index (χ2v) is 39.0. The normalized spacial score (nSPS) is 30.8. The third-order valence-corrected chi connectivity index (χ3v) is 29.4. The standard InChI is InChI=1S/C27H52O7Si2.C22H40O6Si/c1-18(20(14-15-23(29)30-11)33-35(12,13)25(2,3)4)24-19(28)16-21-22(32-24)17-31-36(34-21,26(5,6)7)27(8,9)10;1-14-12-17-18(13-26-29(28-17,21(3,4)5)22(6,7)8)27-20(14)15(2)16(23)10-11-19(24)25-9/h14-15,18-22,24,28H,16-17H2,1-13H3;10-11,14-18,20,23H,12-13H2,1-9H3/b15-14+;11-10+/t18-,19+,20+,21-,22-,24+;14-,15+,16-,17+,18+,20+/m10/s1. The van der Waals surface area contributed by atoms with Crippen LogP contribution in [0.3, 0.4) is 0 Å². The van der Waals surface area contributed by atoms with Crippen LogP contribution in [0.25, 0.3) is 0 Å². The predicted molar refractivity (Wildman–Crippen MR) is 262 cm³/mol. The Morgan fingerprint density at radius 3 is 1.45 bits per heavy atom. The number of esters is 2. The Morgan fingerprint density at radius 2 is 1.05 bits per heavy atom. The first-order chi connectivity index (χ1) is 29.4. The van der Waals surface area contributed by atoms with E-state index in [4.69, 9.17) is 36.3 Å². The van der Waals surface area contributed by atoms with Crippen LogP contribution in [0.4, 0.5) is 0 Å². The van der Waals surface area contributed by atoms with E-state index in [1.54, 1.807) is 6.08 Å². The van der Waals surface area contributed by atoms with Crippen molar-refractivity contribution < 1.29 is 60.9 Å². The molecule has 4 heterocycles. The number of ether oxygens (including phenoxy) is 4. The molecule has 16 heteroatoms. The monoisotopic (exact) mass is 973 g/mol. The van der Waals surface area contributed by atoms with Crippen molar-refractivity contribution in [3.8, 4) is 0 Å². The van der Waals surface area contributed by atoms with E-state index in [0.29, 0.717) is 19.6 Å². The molecule has 4 saturated heterocycles. The maximum atomic E-state index is 11.9. The summed E-state index contributed by atoms with van der Waals surface area (Å²) in [5.41, 5.74) is 0. The number of hydrogen-bond acceptors (Lipinski definition) is 13.